The lowest BCUT2D eigenvalue weighted by Gasteiger charge is -2.06. The Bertz CT molecular complexity index is 269. The van der Waals surface area contributed by atoms with Gasteiger partial charge >= 0.3 is 0 Å². The van der Waals surface area contributed by atoms with Crippen molar-refractivity contribution >= 4 is 5.78 Å². The predicted octanol–water partition coefficient (Wildman–Crippen LogP) is 4.12. The smallest absolute Gasteiger partial charge is 0.132 e. The topological polar surface area (TPSA) is 17.1 Å². The molecule has 0 N–H and O–H groups in total. The van der Waals surface area contributed by atoms with Crippen molar-refractivity contribution in [3.8, 4) is 0 Å². The first-order valence-corrected chi connectivity index (χ1v) is 5.74. The second kappa shape index (κ2) is 8.22. The van der Waals surface area contributed by atoms with E-state index < -0.39 is 0 Å². The Hall–Kier alpha value is -1.11. The molecule has 0 bridgehead atoms. The largest absolute Gasteiger partial charge is 0.300 e. The molecule has 86 valence electrons. The molecule has 1 atom stereocenters. The number of Topliss-reactive ketones (excluding diaryl/α,β-unsaturated/α-hetero) is 1. The highest BCUT2D eigenvalue weighted by atomic mass is 16.1. The number of hydrogen-bond donors (Lipinski definition) is 0. The maximum atomic E-state index is 11.0. The second-order valence-corrected chi connectivity index (χ2v) is 3.54. The van der Waals surface area contributed by atoms with Crippen molar-refractivity contribution in [3.63, 3.8) is 0 Å². The number of hydrogen-bond acceptors (Lipinski definition) is 1. The van der Waals surface area contributed by atoms with Crippen LogP contribution in [0.5, 0.6) is 0 Å². The third kappa shape index (κ3) is 6.05. The summed E-state index contributed by atoms with van der Waals surface area (Å²) in [6.45, 7) is 7.65. The molecule has 0 aliphatic carbocycles. The first-order chi connectivity index (χ1) is 7.20. The highest BCUT2D eigenvalue weighted by Gasteiger charge is 2.06. The number of benzene rings is 1. The van der Waals surface area contributed by atoms with Crippen LogP contribution in [0.2, 0.25) is 0 Å². The normalized spacial score (nSPS) is 11.2. The summed E-state index contributed by atoms with van der Waals surface area (Å²) in [5.74, 6) is 0.483. The van der Waals surface area contributed by atoms with Crippen molar-refractivity contribution in [2.24, 2.45) is 5.92 Å². The number of carbonyl (C=O) groups is 1. The van der Waals surface area contributed by atoms with E-state index in [1.807, 2.05) is 39.0 Å². The highest BCUT2D eigenvalue weighted by molar-refractivity contribution is 5.77. The molecule has 1 nitrogen and oxygen atoms in total. The molecule has 0 amide bonds. The van der Waals surface area contributed by atoms with Gasteiger partial charge in [0.2, 0.25) is 0 Å². The standard InChI is InChI=1S/C12H16O.C2H6.H2/c1-10(11(2)13)8-9-12-6-4-3-5-7-12;1-2;/h3-7,10H,8-9H2,1-2H3;1-2H3;1H. The lowest BCUT2D eigenvalue weighted by atomic mass is 9.98. The van der Waals surface area contributed by atoms with Crippen LogP contribution >= 0.6 is 0 Å². The maximum absolute atomic E-state index is 11.0. The fourth-order valence-corrected chi connectivity index (χ4v) is 1.23. The summed E-state index contributed by atoms with van der Waals surface area (Å²) in [6, 6.07) is 10.3. The lowest BCUT2D eigenvalue weighted by molar-refractivity contribution is -0.120. The van der Waals surface area contributed by atoms with Crippen molar-refractivity contribution in [1.82, 2.24) is 0 Å². The Balaban J connectivity index is 0. The lowest BCUT2D eigenvalue weighted by Crippen LogP contribution is -2.07. The molecule has 0 spiro atoms. The van der Waals surface area contributed by atoms with Gasteiger partial charge in [-0.1, -0.05) is 51.1 Å². The zero-order chi connectivity index (χ0) is 11.7. The van der Waals surface area contributed by atoms with Crippen LogP contribution < -0.4 is 0 Å². The van der Waals surface area contributed by atoms with Gasteiger partial charge in [-0.15, -0.1) is 0 Å². The monoisotopic (exact) mass is 208 g/mol. The Morgan fingerprint density at radius 3 is 2.27 bits per heavy atom. The molecular formula is C14H24O. The van der Waals surface area contributed by atoms with E-state index in [9.17, 15) is 4.79 Å². The minimum atomic E-state index is 0. The number of ketones is 1. The molecule has 1 aromatic rings. The van der Waals surface area contributed by atoms with Crippen LogP contribution in [-0.4, -0.2) is 5.78 Å². The Morgan fingerprint density at radius 1 is 1.27 bits per heavy atom. The zero-order valence-corrected chi connectivity index (χ0v) is 10.3. The molecule has 1 heteroatoms. The summed E-state index contributed by atoms with van der Waals surface area (Å²) >= 11 is 0. The van der Waals surface area contributed by atoms with Gasteiger partial charge in [0.25, 0.3) is 0 Å². The number of rotatable bonds is 4. The molecule has 0 aliphatic rings. The van der Waals surface area contributed by atoms with Gasteiger partial charge in [0.15, 0.2) is 0 Å². The SMILES string of the molecule is CC.CC(=O)C(C)CCc1ccccc1.[HH]. The third-order valence-corrected chi connectivity index (χ3v) is 2.40. The molecule has 0 fully saturated rings. The minimum Gasteiger partial charge on any atom is -0.300 e. The minimum absolute atomic E-state index is 0. The first kappa shape index (κ1) is 13.9. The predicted molar refractivity (Wildman–Crippen MR) is 68.1 cm³/mol. The summed E-state index contributed by atoms with van der Waals surface area (Å²) in [4.78, 5) is 11.0. The van der Waals surface area contributed by atoms with E-state index >= 15 is 0 Å². The van der Waals surface area contributed by atoms with Crippen molar-refractivity contribution in [3.05, 3.63) is 35.9 Å². The van der Waals surface area contributed by atoms with Crippen LogP contribution in [0, 0.1) is 5.92 Å². The van der Waals surface area contributed by atoms with Crippen LogP contribution in [0.1, 0.15) is 41.1 Å². The van der Waals surface area contributed by atoms with E-state index in [1.165, 1.54) is 5.56 Å². The molecule has 15 heavy (non-hydrogen) atoms. The van der Waals surface area contributed by atoms with Gasteiger partial charge in [0, 0.05) is 7.34 Å². The average Bonchev–Trinajstić information content (AvgIpc) is 2.30. The van der Waals surface area contributed by atoms with Gasteiger partial charge in [-0.25, -0.2) is 0 Å². The first-order valence-electron chi connectivity index (χ1n) is 5.74. The van der Waals surface area contributed by atoms with Crippen molar-refractivity contribution in [2.75, 3.05) is 0 Å². The molecule has 0 radical (unpaired) electrons. The molecule has 0 heterocycles. The van der Waals surface area contributed by atoms with Crippen LogP contribution in [0.4, 0.5) is 0 Å². The molecule has 0 saturated carbocycles. The van der Waals surface area contributed by atoms with E-state index in [2.05, 4.69) is 12.1 Å². The summed E-state index contributed by atoms with van der Waals surface area (Å²) in [5, 5.41) is 0. The maximum Gasteiger partial charge on any atom is 0.132 e. The van der Waals surface area contributed by atoms with Crippen LogP contribution in [0.25, 0.3) is 0 Å². The Kier molecular flexibility index (Phi) is 7.61. The van der Waals surface area contributed by atoms with Crippen LogP contribution in [-0.2, 0) is 11.2 Å². The van der Waals surface area contributed by atoms with Crippen LogP contribution in [0.15, 0.2) is 30.3 Å². The van der Waals surface area contributed by atoms with Gasteiger partial charge in [-0.3, -0.25) is 4.79 Å². The van der Waals surface area contributed by atoms with Gasteiger partial charge < -0.3 is 0 Å². The summed E-state index contributed by atoms with van der Waals surface area (Å²) < 4.78 is 0. The van der Waals surface area contributed by atoms with Gasteiger partial charge in [-0.05, 0) is 25.3 Å². The highest BCUT2D eigenvalue weighted by Crippen LogP contribution is 2.09. The molecule has 0 aromatic heterocycles. The van der Waals surface area contributed by atoms with E-state index in [-0.39, 0.29) is 13.1 Å². The van der Waals surface area contributed by atoms with Gasteiger partial charge in [-0.2, -0.15) is 0 Å². The Labute approximate surface area is 95.0 Å². The van der Waals surface area contributed by atoms with E-state index in [0.29, 0.717) is 0 Å². The van der Waals surface area contributed by atoms with Crippen LogP contribution in [0.3, 0.4) is 0 Å². The van der Waals surface area contributed by atoms with E-state index in [4.69, 9.17) is 0 Å². The quantitative estimate of drug-likeness (QED) is 0.727. The number of carbonyl (C=O) groups excluding carboxylic acids is 1. The molecule has 0 saturated heterocycles. The zero-order valence-electron chi connectivity index (χ0n) is 10.3. The summed E-state index contributed by atoms with van der Waals surface area (Å²) in [6.07, 6.45) is 1.96. The van der Waals surface area contributed by atoms with Gasteiger partial charge in [0.05, 0.1) is 0 Å². The fraction of sp³-hybridized carbons (Fsp3) is 0.500. The number of aryl methyl sites for hydroxylation is 1. The molecule has 1 aromatic carbocycles. The fourth-order valence-electron chi connectivity index (χ4n) is 1.23. The summed E-state index contributed by atoms with van der Waals surface area (Å²) in [5.41, 5.74) is 1.32. The van der Waals surface area contributed by atoms with Gasteiger partial charge in [0.1, 0.15) is 5.78 Å². The summed E-state index contributed by atoms with van der Waals surface area (Å²) in [7, 11) is 0. The van der Waals surface area contributed by atoms with Crippen molar-refractivity contribution in [2.45, 2.75) is 40.5 Å². The molecule has 1 rings (SSSR count). The third-order valence-electron chi connectivity index (χ3n) is 2.40. The van der Waals surface area contributed by atoms with Crippen molar-refractivity contribution in [1.29, 1.82) is 0 Å². The van der Waals surface area contributed by atoms with E-state index in [1.54, 1.807) is 6.92 Å². The Morgan fingerprint density at radius 2 is 1.80 bits per heavy atom. The molecule has 0 aliphatic heterocycles. The van der Waals surface area contributed by atoms with Crippen molar-refractivity contribution < 1.29 is 6.22 Å². The molecule has 1 unspecified atom stereocenters. The van der Waals surface area contributed by atoms with E-state index in [0.717, 1.165) is 12.8 Å². The second-order valence-electron chi connectivity index (χ2n) is 3.54. The average molecular weight is 208 g/mol. The molecular weight excluding hydrogens is 184 g/mol.